The minimum Gasteiger partial charge on any atom is -0.482 e. The number of aryl methyl sites for hydroxylation is 1. The summed E-state index contributed by atoms with van der Waals surface area (Å²) in [7, 11) is 0. The van der Waals surface area contributed by atoms with Crippen molar-refractivity contribution in [2.75, 3.05) is 0 Å². The molecule has 0 saturated heterocycles. The molecule has 2 aromatic carbocycles. The average Bonchev–Trinajstić information content (AvgIpc) is 2.46. The maximum absolute atomic E-state index is 11.0. The monoisotopic (exact) mass is 286 g/mol. The van der Waals surface area contributed by atoms with E-state index in [0.717, 1.165) is 11.1 Å². The van der Waals surface area contributed by atoms with E-state index in [1.54, 1.807) is 43.3 Å². The Balaban J connectivity index is 2.13. The van der Waals surface area contributed by atoms with Crippen molar-refractivity contribution in [2.24, 2.45) is 5.73 Å². The molecule has 21 heavy (non-hydrogen) atoms. The second-order valence-electron chi connectivity index (χ2n) is 4.58. The summed E-state index contributed by atoms with van der Waals surface area (Å²) in [5, 5.41) is 11.0. The molecule has 2 N–H and O–H groups in total. The Morgan fingerprint density at radius 1 is 1.24 bits per heavy atom. The van der Waals surface area contributed by atoms with Crippen molar-refractivity contribution >= 4 is 11.6 Å². The number of hydrogen-bond acceptors (Lipinski definition) is 4. The van der Waals surface area contributed by atoms with Gasteiger partial charge in [-0.15, -0.1) is 0 Å². The molecule has 0 aliphatic rings. The van der Waals surface area contributed by atoms with Crippen LogP contribution in [0.5, 0.6) is 5.75 Å². The molecule has 0 aliphatic carbocycles. The van der Waals surface area contributed by atoms with E-state index in [1.807, 2.05) is 0 Å². The molecule has 0 radical (unpaired) electrons. The van der Waals surface area contributed by atoms with Gasteiger partial charge in [0.05, 0.1) is 4.92 Å². The molecule has 0 saturated carbocycles. The standard InChI is InChI=1S/C15H14N2O4/c1-10-2-7-14(13(8-10)17(19)20)21-9-11-3-5-12(6-4-11)15(16)18/h2-8H,9H2,1H3,(H2,16,18). The summed E-state index contributed by atoms with van der Waals surface area (Å²) < 4.78 is 5.48. The highest BCUT2D eigenvalue weighted by Crippen LogP contribution is 2.28. The molecule has 0 heterocycles. The molecule has 1 amide bonds. The molecular weight excluding hydrogens is 272 g/mol. The molecule has 2 rings (SSSR count). The molecule has 6 heteroatoms. The lowest BCUT2D eigenvalue weighted by atomic mass is 10.1. The van der Waals surface area contributed by atoms with Crippen LogP contribution in [0.1, 0.15) is 21.5 Å². The van der Waals surface area contributed by atoms with Crippen molar-refractivity contribution in [2.45, 2.75) is 13.5 Å². The van der Waals surface area contributed by atoms with Crippen molar-refractivity contribution in [1.29, 1.82) is 0 Å². The summed E-state index contributed by atoms with van der Waals surface area (Å²) in [6.45, 7) is 1.95. The van der Waals surface area contributed by atoms with Crippen molar-refractivity contribution in [3.05, 3.63) is 69.3 Å². The highest BCUT2D eigenvalue weighted by molar-refractivity contribution is 5.92. The van der Waals surface area contributed by atoms with E-state index in [-0.39, 0.29) is 18.0 Å². The zero-order valence-corrected chi connectivity index (χ0v) is 11.4. The molecule has 2 aromatic rings. The van der Waals surface area contributed by atoms with Crippen LogP contribution in [0.3, 0.4) is 0 Å². The highest BCUT2D eigenvalue weighted by Gasteiger charge is 2.15. The lowest BCUT2D eigenvalue weighted by Gasteiger charge is -2.07. The number of nitrogens with two attached hydrogens (primary N) is 1. The molecule has 0 aromatic heterocycles. The number of ether oxygens (including phenoxy) is 1. The maximum atomic E-state index is 11.0. The Hall–Kier alpha value is -2.89. The number of amides is 1. The van der Waals surface area contributed by atoms with Gasteiger partial charge in [-0.25, -0.2) is 0 Å². The molecule has 0 bridgehead atoms. The van der Waals surface area contributed by atoms with Gasteiger partial charge in [0.2, 0.25) is 5.91 Å². The summed E-state index contributed by atoms with van der Waals surface area (Å²) in [5.74, 6) is -0.291. The van der Waals surface area contributed by atoms with Gasteiger partial charge in [-0.3, -0.25) is 14.9 Å². The summed E-state index contributed by atoms with van der Waals surface area (Å²) in [5.41, 5.74) is 7.07. The summed E-state index contributed by atoms with van der Waals surface area (Å²) in [6.07, 6.45) is 0. The quantitative estimate of drug-likeness (QED) is 0.675. The van der Waals surface area contributed by atoms with E-state index >= 15 is 0 Å². The van der Waals surface area contributed by atoms with Gasteiger partial charge < -0.3 is 10.5 Å². The number of benzene rings is 2. The fourth-order valence-electron chi connectivity index (χ4n) is 1.82. The Bertz CT molecular complexity index is 681. The number of hydrogen-bond donors (Lipinski definition) is 1. The highest BCUT2D eigenvalue weighted by atomic mass is 16.6. The Morgan fingerprint density at radius 2 is 1.90 bits per heavy atom. The van der Waals surface area contributed by atoms with E-state index < -0.39 is 10.8 Å². The molecule has 0 spiro atoms. The van der Waals surface area contributed by atoms with Crippen LogP contribution in [-0.4, -0.2) is 10.8 Å². The van der Waals surface area contributed by atoms with Gasteiger partial charge in [0.25, 0.3) is 0 Å². The summed E-state index contributed by atoms with van der Waals surface area (Å²) in [6, 6.07) is 11.4. The van der Waals surface area contributed by atoms with Crippen molar-refractivity contribution < 1.29 is 14.5 Å². The minimum atomic E-state index is -0.503. The van der Waals surface area contributed by atoms with Crippen LogP contribution in [0, 0.1) is 17.0 Å². The van der Waals surface area contributed by atoms with Crippen molar-refractivity contribution in [1.82, 2.24) is 0 Å². The largest absolute Gasteiger partial charge is 0.482 e. The van der Waals surface area contributed by atoms with Gasteiger partial charge in [-0.2, -0.15) is 0 Å². The summed E-state index contributed by atoms with van der Waals surface area (Å²) in [4.78, 5) is 21.5. The second-order valence-corrected chi connectivity index (χ2v) is 4.58. The third-order valence-corrected chi connectivity index (χ3v) is 2.94. The molecule has 0 fully saturated rings. The van der Waals surface area contributed by atoms with Crippen LogP contribution in [-0.2, 0) is 6.61 Å². The molecule has 108 valence electrons. The number of carbonyl (C=O) groups is 1. The third kappa shape index (κ3) is 3.56. The first-order valence-electron chi connectivity index (χ1n) is 6.24. The normalized spacial score (nSPS) is 10.1. The number of carbonyl (C=O) groups excluding carboxylic acids is 1. The first-order chi connectivity index (χ1) is 9.97. The number of primary amides is 1. The van der Waals surface area contributed by atoms with Crippen LogP contribution in [0.4, 0.5) is 5.69 Å². The van der Waals surface area contributed by atoms with Gasteiger partial charge in [-0.05, 0) is 36.2 Å². The Labute approximate surface area is 121 Å². The molecule has 6 nitrogen and oxygen atoms in total. The number of nitrogens with zero attached hydrogens (tertiary/aromatic N) is 1. The smallest absolute Gasteiger partial charge is 0.311 e. The van der Waals surface area contributed by atoms with Crippen molar-refractivity contribution in [3.8, 4) is 5.75 Å². The Kier molecular flexibility index (Phi) is 4.18. The van der Waals surface area contributed by atoms with Crippen LogP contribution < -0.4 is 10.5 Å². The van der Waals surface area contributed by atoms with Crippen molar-refractivity contribution in [3.63, 3.8) is 0 Å². The van der Waals surface area contributed by atoms with Gasteiger partial charge in [0, 0.05) is 11.6 Å². The van der Waals surface area contributed by atoms with Crippen LogP contribution in [0.2, 0.25) is 0 Å². The summed E-state index contributed by atoms with van der Waals surface area (Å²) >= 11 is 0. The van der Waals surface area contributed by atoms with Crippen LogP contribution in [0.25, 0.3) is 0 Å². The maximum Gasteiger partial charge on any atom is 0.311 e. The number of nitro benzene ring substituents is 1. The van der Waals surface area contributed by atoms with Gasteiger partial charge in [0.15, 0.2) is 5.75 Å². The first kappa shape index (κ1) is 14.5. The predicted molar refractivity (Wildman–Crippen MR) is 77.1 cm³/mol. The second kappa shape index (κ2) is 6.04. The first-order valence-corrected chi connectivity index (χ1v) is 6.24. The fraction of sp³-hybridized carbons (Fsp3) is 0.133. The number of rotatable bonds is 5. The van der Waals surface area contributed by atoms with Gasteiger partial charge >= 0.3 is 5.69 Å². The zero-order chi connectivity index (χ0) is 15.4. The van der Waals surface area contributed by atoms with Gasteiger partial charge in [-0.1, -0.05) is 18.2 Å². The molecule has 0 aliphatic heterocycles. The third-order valence-electron chi connectivity index (χ3n) is 2.94. The molecular formula is C15H14N2O4. The minimum absolute atomic E-state index is 0.0660. The van der Waals surface area contributed by atoms with Gasteiger partial charge in [0.1, 0.15) is 6.61 Å². The van der Waals surface area contributed by atoms with Crippen LogP contribution in [0.15, 0.2) is 42.5 Å². The van der Waals surface area contributed by atoms with E-state index in [0.29, 0.717) is 5.56 Å². The van der Waals surface area contributed by atoms with Crippen LogP contribution >= 0.6 is 0 Å². The lowest BCUT2D eigenvalue weighted by Crippen LogP contribution is -2.10. The lowest BCUT2D eigenvalue weighted by molar-refractivity contribution is -0.386. The van der Waals surface area contributed by atoms with E-state index in [2.05, 4.69) is 0 Å². The van der Waals surface area contributed by atoms with E-state index in [4.69, 9.17) is 10.5 Å². The fourth-order valence-corrected chi connectivity index (χ4v) is 1.82. The zero-order valence-electron chi connectivity index (χ0n) is 11.4. The predicted octanol–water partition coefficient (Wildman–Crippen LogP) is 2.58. The number of nitro groups is 1. The van der Waals surface area contributed by atoms with E-state index in [9.17, 15) is 14.9 Å². The average molecular weight is 286 g/mol. The Morgan fingerprint density at radius 3 is 2.48 bits per heavy atom. The topological polar surface area (TPSA) is 95.5 Å². The molecule has 0 unspecified atom stereocenters. The SMILES string of the molecule is Cc1ccc(OCc2ccc(C(N)=O)cc2)c([N+](=O)[O-])c1. The molecule has 0 atom stereocenters. The van der Waals surface area contributed by atoms with E-state index in [1.165, 1.54) is 6.07 Å².